The number of ether oxygens (including phenoxy) is 2. The molecule has 0 bridgehead atoms. The van der Waals surface area contributed by atoms with Gasteiger partial charge in [-0.25, -0.2) is 0 Å². The number of primary amides is 1. The second-order valence-electron chi connectivity index (χ2n) is 7.33. The Bertz CT molecular complexity index is 873. The third kappa shape index (κ3) is 5.28. The van der Waals surface area contributed by atoms with Gasteiger partial charge in [-0.15, -0.1) is 0 Å². The minimum Gasteiger partial charge on any atom is -0.493 e. The molecule has 1 fully saturated rings. The second-order valence-corrected chi connectivity index (χ2v) is 7.33. The third-order valence-electron chi connectivity index (χ3n) is 5.18. The van der Waals surface area contributed by atoms with Crippen molar-refractivity contribution in [3.8, 4) is 11.5 Å². The van der Waals surface area contributed by atoms with Crippen LogP contribution in [0.3, 0.4) is 0 Å². The zero-order valence-corrected chi connectivity index (χ0v) is 17.0. The molecule has 29 heavy (non-hydrogen) atoms. The molecule has 154 valence electrons. The molecule has 1 saturated heterocycles. The largest absolute Gasteiger partial charge is 0.493 e. The molecule has 3 rings (SSSR count). The van der Waals surface area contributed by atoms with Crippen molar-refractivity contribution >= 4 is 11.8 Å². The molecule has 1 heterocycles. The first kappa shape index (κ1) is 20.7. The predicted octanol–water partition coefficient (Wildman–Crippen LogP) is 3.31. The number of aryl methyl sites for hydroxylation is 1. The normalized spacial score (nSPS) is 14.5. The summed E-state index contributed by atoms with van der Waals surface area (Å²) in [6, 6.07) is 13.3. The zero-order valence-electron chi connectivity index (χ0n) is 17.0. The first-order valence-corrected chi connectivity index (χ1v) is 10.0. The Morgan fingerprint density at radius 2 is 1.86 bits per heavy atom. The molecular weight excluding hydrogens is 368 g/mol. The van der Waals surface area contributed by atoms with Crippen molar-refractivity contribution in [2.45, 2.75) is 33.3 Å². The van der Waals surface area contributed by atoms with E-state index in [1.807, 2.05) is 50.2 Å². The van der Waals surface area contributed by atoms with E-state index in [9.17, 15) is 9.59 Å². The predicted molar refractivity (Wildman–Crippen MR) is 111 cm³/mol. The van der Waals surface area contributed by atoms with E-state index < -0.39 is 0 Å². The van der Waals surface area contributed by atoms with Crippen molar-refractivity contribution < 1.29 is 19.1 Å². The number of benzene rings is 2. The summed E-state index contributed by atoms with van der Waals surface area (Å²) >= 11 is 0. The number of nitrogens with zero attached hydrogens (tertiary/aromatic N) is 1. The van der Waals surface area contributed by atoms with Crippen LogP contribution in [0.15, 0.2) is 42.5 Å². The minimum absolute atomic E-state index is 0.0484. The van der Waals surface area contributed by atoms with E-state index in [2.05, 4.69) is 0 Å². The van der Waals surface area contributed by atoms with E-state index in [4.69, 9.17) is 15.2 Å². The van der Waals surface area contributed by atoms with Gasteiger partial charge in [0.1, 0.15) is 18.1 Å². The van der Waals surface area contributed by atoms with Crippen LogP contribution >= 0.6 is 0 Å². The first-order valence-electron chi connectivity index (χ1n) is 10.0. The van der Waals surface area contributed by atoms with Crippen LogP contribution in [-0.2, 0) is 11.4 Å². The number of carbonyl (C=O) groups is 2. The van der Waals surface area contributed by atoms with Gasteiger partial charge in [0.2, 0.25) is 5.91 Å². The molecule has 2 aromatic carbocycles. The lowest BCUT2D eigenvalue weighted by molar-refractivity contribution is -0.123. The molecule has 0 spiro atoms. The minimum atomic E-state index is -0.284. The molecular formula is C23H28N2O4. The van der Waals surface area contributed by atoms with Gasteiger partial charge in [-0.1, -0.05) is 12.1 Å². The number of piperidine rings is 1. The molecule has 2 amide bonds. The summed E-state index contributed by atoms with van der Waals surface area (Å²) in [5.74, 6) is 1.01. The van der Waals surface area contributed by atoms with Gasteiger partial charge in [-0.2, -0.15) is 0 Å². The first-order chi connectivity index (χ1) is 14.0. The van der Waals surface area contributed by atoms with Crippen molar-refractivity contribution in [3.05, 3.63) is 59.2 Å². The smallest absolute Gasteiger partial charge is 0.253 e. The average molecular weight is 396 g/mol. The van der Waals surface area contributed by atoms with Crippen molar-refractivity contribution in [2.75, 3.05) is 19.7 Å². The fraction of sp³-hybridized carbons (Fsp3) is 0.391. The summed E-state index contributed by atoms with van der Waals surface area (Å²) in [5.41, 5.74) is 7.92. The Morgan fingerprint density at radius 3 is 2.52 bits per heavy atom. The Labute approximate surface area is 171 Å². The van der Waals surface area contributed by atoms with E-state index >= 15 is 0 Å². The molecule has 2 N–H and O–H groups in total. The quantitative estimate of drug-likeness (QED) is 0.778. The molecule has 1 aliphatic rings. The number of carbonyl (C=O) groups excluding carboxylic acids is 2. The molecule has 6 nitrogen and oxygen atoms in total. The third-order valence-corrected chi connectivity index (χ3v) is 5.18. The van der Waals surface area contributed by atoms with Gasteiger partial charge in [-0.3, -0.25) is 9.59 Å². The maximum Gasteiger partial charge on any atom is 0.253 e. The van der Waals surface area contributed by atoms with Gasteiger partial charge in [0.15, 0.2) is 0 Å². The summed E-state index contributed by atoms with van der Waals surface area (Å²) < 4.78 is 11.6. The molecule has 0 unspecified atom stereocenters. The van der Waals surface area contributed by atoms with Gasteiger partial charge < -0.3 is 20.1 Å². The van der Waals surface area contributed by atoms with E-state index in [0.29, 0.717) is 50.5 Å². The van der Waals surface area contributed by atoms with Crippen LogP contribution in [0.1, 0.15) is 41.3 Å². The van der Waals surface area contributed by atoms with Crippen molar-refractivity contribution in [2.24, 2.45) is 11.7 Å². The average Bonchev–Trinajstić information content (AvgIpc) is 2.73. The Hall–Kier alpha value is -3.02. The molecule has 0 aromatic heterocycles. The number of hydrogen-bond acceptors (Lipinski definition) is 4. The van der Waals surface area contributed by atoms with Crippen LogP contribution in [0.2, 0.25) is 0 Å². The van der Waals surface area contributed by atoms with E-state index in [1.165, 1.54) is 0 Å². The van der Waals surface area contributed by atoms with Gasteiger partial charge in [0, 0.05) is 30.1 Å². The molecule has 0 atom stereocenters. The van der Waals surface area contributed by atoms with Crippen LogP contribution in [0, 0.1) is 12.8 Å². The fourth-order valence-electron chi connectivity index (χ4n) is 3.54. The van der Waals surface area contributed by atoms with E-state index in [1.54, 1.807) is 11.0 Å². The van der Waals surface area contributed by atoms with Gasteiger partial charge in [0.05, 0.1) is 6.61 Å². The van der Waals surface area contributed by atoms with E-state index in [-0.39, 0.29) is 17.7 Å². The molecule has 1 aliphatic heterocycles. The summed E-state index contributed by atoms with van der Waals surface area (Å²) in [6.07, 6.45) is 1.23. The number of rotatable bonds is 7. The molecule has 0 radical (unpaired) electrons. The lowest BCUT2D eigenvalue weighted by atomic mass is 9.95. The highest BCUT2D eigenvalue weighted by atomic mass is 16.5. The van der Waals surface area contributed by atoms with Crippen LogP contribution in [0.5, 0.6) is 11.5 Å². The van der Waals surface area contributed by atoms with Crippen LogP contribution in [0.25, 0.3) is 0 Å². The maximum atomic E-state index is 12.9. The number of hydrogen-bond donors (Lipinski definition) is 1. The summed E-state index contributed by atoms with van der Waals surface area (Å²) in [4.78, 5) is 26.1. The van der Waals surface area contributed by atoms with Crippen molar-refractivity contribution in [1.29, 1.82) is 0 Å². The number of likely N-dealkylation sites (tertiary alicyclic amines) is 1. The van der Waals surface area contributed by atoms with Gasteiger partial charge >= 0.3 is 0 Å². The number of nitrogens with two attached hydrogens (primary N) is 1. The lowest BCUT2D eigenvalue weighted by Crippen LogP contribution is -2.41. The summed E-state index contributed by atoms with van der Waals surface area (Å²) in [6.45, 7) is 5.85. The zero-order chi connectivity index (χ0) is 20.8. The monoisotopic (exact) mass is 396 g/mol. The van der Waals surface area contributed by atoms with Gasteiger partial charge in [-0.05, 0) is 62.6 Å². The SMILES string of the molecule is CCOc1ccc(C(=O)N2CCC(C(N)=O)CC2)cc1COc1cccc(C)c1. The molecule has 2 aromatic rings. The van der Waals surface area contributed by atoms with Crippen LogP contribution in [-0.4, -0.2) is 36.4 Å². The van der Waals surface area contributed by atoms with Gasteiger partial charge in [0.25, 0.3) is 5.91 Å². The van der Waals surface area contributed by atoms with Crippen molar-refractivity contribution in [1.82, 2.24) is 4.90 Å². The Morgan fingerprint density at radius 1 is 1.10 bits per heavy atom. The molecule has 6 heteroatoms. The summed E-state index contributed by atoms with van der Waals surface area (Å²) in [7, 11) is 0. The lowest BCUT2D eigenvalue weighted by Gasteiger charge is -2.30. The highest BCUT2D eigenvalue weighted by molar-refractivity contribution is 5.94. The standard InChI is InChI=1S/C23H28N2O4/c1-3-28-21-8-7-18(23(27)25-11-9-17(10-12-25)22(24)26)14-19(21)15-29-20-6-4-5-16(2)13-20/h4-8,13-14,17H,3,9-12,15H2,1-2H3,(H2,24,26). The highest BCUT2D eigenvalue weighted by Crippen LogP contribution is 2.25. The van der Waals surface area contributed by atoms with Crippen LogP contribution < -0.4 is 15.2 Å². The Balaban J connectivity index is 1.73. The van der Waals surface area contributed by atoms with Crippen LogP contribution in [0.4, 0.5) is 0 Å². The molecule has 0 aliphatic carbocycles. The highest BCUT2D eigenvalue weighted by Gasteiger charge is 2.26. The summed E-state index contributed by atoms with van der Waals surface area (Å²) in [5, 5.41) is 0. The van der Waals surface area contributed by atoms with Crippen molar-refractivity contribution in [3.63, 3.8) is 0 Å². The maximum absolute atomic E-state index is 12.9. The Kier molecular flexibility index (Phi) is 6.75. The van der Waals surface area contributed by atoms with E-state index in [0.717, 1.165) is 16.9 Å². The topological polar surface area (TPSA) is 81.9 Å². The second kappa shape index (κ2) is 9.45. The number of amides is 2. The molecule has 0 saturated carbocycles. The fourth-order valence-corrected chi connectivity index (χ4v) is 3.54.